The molecule has 2 amide bonds. The zero-order valence-corrected chi connectivity index (χ0v) is 18.1. The minimum absolute atomic E-state index is 0.0617. The molecule has 1 atom stereocenters. The number of primary amides is 1. The average molecular weight is 440 g/mol. The number of benzene rings is 2. The van der Waals surface area contributed by atoms with E-state index >= 15 is 0 Å². The van der Waals surface area contributed by atoms with Gasteiger partial charge in [-0.05, 0) is 49.6 Å². The lowest BCUT2D eigenvalue weighted by Gasteiger charge is -2.31. The number of rotatable bonds is 8. The van der Waals surface area contributed by atoms with Crippen LogP contribution in [0, 0.1) is 0 Å². The van der Waals surface area contributed by atoms with Gasteiger partial charge in [0.15, 0.2) is 5.17 Å². The van der Waals surface area contributed by atoms with Crippen molar-refractivity contribution in [3.63, 3.8) is 0 Å². The highest BCUT2D eigenvalue weighted by Gasteiger charge is 2.34. The Hall–Kier alpha value is -3.13. The number of carbonyl (C=O) groups excluding carboxylic acids is 3. The van der Waals surface area contributed by atoms with Crippen LogP contribution in [0.25, 0.3) is 0 Å². The maximum atomic E-state index is 12.7. The van der Waals surface area contributed by atoms with Gasteiger partial charge < -0.3 is 10.5 Å². The summed E-state index contributed by atoms with van der Waals surface area (Å²) in [5, 5.41) is -0.201. The quantitative estimate of drug-likeness (QED) is 0.636. The molecule has 8 heteroatoms. The molecule has 0 bridgehead atoms. The number of amidine groups is 1. The number of hydrogen-bond acceptors (Lipinski definition) is 6. The molecule has 1 saturated heterocycles. The van der Waals surface area contributed by atoms with Crippen LogP contribution in [0.5, 0.6) is 0 Å². The maximum absolute atomic E-state index is 12.7. The first-order valence-corrected chi connectivity index (χ1v) is 11.0. The largest absolute Gasteiger partial charge is 0.462 e. The van der Waals surface area contributed by atoms with Gasteiger partial charge in [-0.3, -0.25) is 14.5 Å². The number of carbonyl (C=O) groups is 3. The van der Waals surface area contributed by atoms with Crippen molar-refractivity contribution in [2.24, 2.45) is 10.7 Å². The fourth-order valence-electron chi connectivity index (χ4n) is 3.16. The number of hydrogen-bond donors (Lipinski definition) is 1. The minimum atomic E-state index is -0.643. The van der Waals surface area contributed by atoms with Crippen molar-refractivity contribution < 1.29 is 19.1 Å². The van der Waals surface area contributed by atoms with Gasteiger partial charge in [-0.15, -0.1) is 0 Å². The minimum Gasteiger partial charge on any atom is -0.462 e. The fraction of sp³-hybridized carbons (Fsp3) is 0.304. The van der Waals surface area contributed by atoms with E-state index in [1.165, 1.54) is 17.3 Å². The topological polar surface area (TPSA) is 102 Å². The summed E-state index contributed by atoms with van der Waals surface area (Å²) in [4.78, 5) is 42.5. The second kappa shape index (κ2) is 10.8. The van der Waals surface area contributed by atoms with Crippen LogP contribution in [0.15, 0.2) is 59.6 Å². The van der Waals surface area contributed by atoms with Crippen molar-refractivity contribution in [1.29, 1.82) is 0 Å². The highest BCUT2D eigenvalue weighted by Crippen LogP contribution is 2.29. The molecule has 1 fully saturated rings. The number of aliphatic imine (C=N–C) groups is 1. The molecule has 1 heterocycles. The Morgan fingerprint density at radius 3 is 2.52 bits per heavy atom. The SMILES string of the molecule is CCOC(=O)c1ccc(N=C2SC(C(N)=O)CC(=O)N2CCCc2ccccc2)cc1. The van der Waals surface area contributed by atoms with Crippen LogP contribution in [-0.2, 0) is 20.7 Å². The summed E-state index contributed by atoms with van der Waals surface area (Å²) in [6.07, 6.45) is 1.65. The summed E-state index contributed by atoms with van der Waals surface area (Å²) in [6, 6.07) is 16.7. The van der Waals surface area contributed by atoms with Crippen LogP contribution >= 0.6 is 11.8 Å². The zero-order valence-electron chi connectivity index (χ0n) is 17.3. The highest BCUT2D eigenvalue weighted by atomic mass is 32.2. The third-order valence-corrected chi connectivity index (χ3v) is 5.96. The lowest BCUT2D eigenvalue weighted by molar-refractivity contribution is -0.129. The predicted octanol–water partition coefficient (Wildman–Crippen LogP) is 3.30. The van der Waals surface area contributed by atoms with Crippen molar-refractivity contribution in [3.05, 3.63) is 65.7 Å². The molecular formula is C23H25N3O4S. The van der Waals surface area contributed by atoms with Gasteiger partial charge in [-0.2, -0.15) is 0 Å². The van der Waals surface area contributed by atoms with Crippen LogP contribution in [0.2, 0.25) is 0 Å². The highest BCUT2D eigenvalue weighted by molar-refractivity contribution is 8.15. The van der Waals surface area contributed by atoms with E-state index in [2.05, 4.69) is 17.1 Å². The molecule has 1 aliphatic rings. The summed E-state index contributed by atoms with van der Waals surface area (Å²) in [5.41, 5.74) is 7.64. The average Bonchev–Trinajstić information content (AvgIpc) is 2.76. The third-order valence-electron chi connectivity index (χ3n) is 4.75. The molecule has 7 nitrogen and oxygen atoms in total. The number of nitrogens with zero attached hydrogens (tertiary/aromatic N) is 2. The van der Waals surface area contributed by atoms with Gasteiger partial charge in [0.25, 0.3) is 0 Å². The van der Waals surface area contributed by atoms with E-state index in [0.29, 0.717) is 29.6 Å². The van der Waals surface area contributed by atoms with Crippen molar-refractivity contribution in [2.75, 3.05) is 13.2 Å². The van der Waals surface area contributed by atoms with Crippen LogP contribution in [0.1, 0.15) is 35.7 Å². The molecule has 1 unspecified atom stereocenters. The number of amides is 2. The molecular weight excluding hydrogens is 414 g/mol. The van der Waals surface area contributed by atoms with E-state index in [1.54, 1.807) is 36.1 Å². The lowest BCUT2D eigenvalue weighted by atomic mass is 10.1. The molecule has 0 spiro atoms. The molecule has 0 radical (unpaired) electrons. The molecule has 0 saturated carbocycles. The molecule has 162 valence electrons. The van der Waals surface area contributed by atoms with Crippen molar-refractivity contribution in [3.8, 4) is 0 Å². The van der Waals surface area contributed by atoms with Gasteiger partial charge in [0, 0.05) is 13.0 Å². The monoisotopic (exact) mass is 439 g/mol. The first-order valence-electron chi connectivity index (χ1n) is 10.1. The molecule has 2 N–H and O–H groups in total. The summed E-state index contributed by atoms with van der Waals surface area (Å²) >= 11 is 1.20. The van der Waals surface area contributed by atoms with Crippen LogP contribution in [0.3, 0.4) is 0 Å². The Morgan fingerprint density at radius 2 is 1.87 bits per heavy atom. The van der Waals surface area contributed by atoms with Crippen LogP contribution in [-0.4, -0.2) is 46.3 Å². The lowest BCUT2D eigenvalue weighted by Crippen LogP contribution is -2.46. The maximum Gasteiger partial charge on any atom is 0.338 e. The number of esters is 1. The molecule has 31 heavy (non-hydrogen) atoms. The first-order chi connectivity index (χ1) is 15.0. The van der Waals surface area contributed by atoms with E-state index in [-0.39, 0.29) is 12.3 Å². The first kappa shape index (κ1) is 22.6. The number of aryl methyl sites for hydroxylation is 1. The van der Waals surface area contributed by atoms with E-state index in [1.807, 2.05) is 18.2 Å². The Bertz CT molecular complexity index is 961. The van der Waals surface area contributed by atoms with E-state index in [9.17, 15) is 14.4 Å². The molecule has 1 aliphatic heterocycles. The smallest absolute Gasteiger partial charge is 0.338 e. The van der Waals surface area contributed by atoms with Crippen LogP contribution in [0.4, 0.5) is 5.69 Å². The Kier molecular flexibility index (Phi) is 7.83. The van der Waals surface area contributed by atoms with Crippen molar-refractivity contribution in [2.45, 2.75) is 31.4 Å². The van der Waals surface area contributed by atoms with Gasteiger partial charge in [-0.25, -0.2) is 9.79 Å². The van der Waals surface area contributed by atoms with Gasteiger partial charge in [-0.1, -0.05) is 42.1 Å². The molecule has 3 rings (SSSR count). The van der Waals surface area contributed by atoms with Crippen molar-refractivity contribution in [1.82, 2.24) is 4.90 Å². The van der Waals surface area contributed by atoms with Gasteiger partial charge in [0.1, 0.15) is 0 Å². The standard InChI is InChI=1S/C23H25N3O4S/c1-2-30-22(29)17-10-12-18(13-11-17)25-23-26(20(27)15-19(31-23)21(24)28)14-6-9-16-7-4-3-5-8-16/h3-5,7-8,10-13,19H,2,6,9,14-15H2,1H3,(H2,24,28). The number of thioether (sulfide) groups is 1. The van der Waals surface area contributed by atoms with Crippen LogP contribution < -0.4 is 5.73 Å². The summed E-state index contributed by atoms with van der Waals surface area (Å²) in [5.74, 6) is -1.11. The Morgan fingerprint density at radius 1 is 1.16 bits per heavy atom. The zero-order chi connectivity index (χ0) is 22.2. The predicted molar refractivity (Wildman–Crippen MR) is 121 cm³/mol. The second-order valence-electron chi connectivity index (χ2n) is 7.01. The summed E-state index contributed by atoms with van der Waals surface area (Å²) in [7, 11) is 0. The normalized spacial score (nSPS) is 17.6. The van der Waals surface area contributed by atoms with Gasteiger partial charge in [0.05, 0.1) is 23.1 Å². The molecule has 0 aromatic heterocycles. The third kappa shape index (κ3) is 6.18. The van der Waals surface area contributed by atoms with Gasteiger partial charge in [0.2, 0.25) is 11.8 Å². The number of ether oxygens (including phenoxy) is 1. The summed E-state index contributed by atoms with van der Waals surface area (Å²) in [6.45, 7) is 2.54. The molecule has 0 aliphatic carbocycles. The summed E-state index contributed by atoms with van der Waals surface area (Å²) < 4.78 is 4.99. The fourth-order valence-corrected chi connectivity index (χ4v) is 4.23. The van der Waals surface area contributed by atoms with E-state index in [0.717, 1.165) is 12.8 Å². The van der Waals surface area contributed by atoms with E-state index < -0.39 is 17.1 Å². The Balaban J connectivity index is 1.76. The number of nitrogens with two attached hydrogens (primary N) is 1. The second-order valence-corrected chi connectivity index (χ2v) is 8.18. The van der Waals surface area contributed by atoms with Crippen molar-refractivity contribution >= 4 is 40.4 Å². The molecule has 2 aromatic rings. The Labute approximate surface area is 185 Å². The van der Waals surface area contributed by atoms with E-state index in [4.69, 9.17) is 10.5 Å². The molecule has 2 aromatic carbocycles. The van der Waals surface area contributed by atoms with Gasteiger partial charge >= 0.3 is 5.97 Å².